The standard InChI is InChI=1S/C10H20O2/c1-7-3-4-9(8(2)6-11)10(12)5-7/h7-12H,3-6H2,1-2H3/t7-,8?,9-,10-/m0/s1. The zero-order chi connectivity index (χ0) is 9.14. The molecule has 1 aliphatic rings. The van der Waals surface area contributed by atoms with Crippen LogP contribution in [0.15, 0.2) is 0 Å². The molecule has 1 saturated carbocycles. The van der Waals surface area contributed by atoms with Crippen LogP contribution in [0.25, 0.3) is 0 Å². The zero-order valence-corrected chi connectivity index (χ0v) is 8.03. The van der Waals surface area contributed by atoms with E-state index in [9.17, 15) is 5.11 Å². The number of aliphatic hydroxyl groups excluding tert-OH is 2. The van der Waals surface area contributed by atoms with Crippen molar-refractivity contribution in [3.05, 3.63) is 0 Å². The molecule has 72 valence electrons. The predicted octanol–water partition coefficient (Wildman–Crippen LogP) is 1.41. The van der Waals surface area contributed by atoms with E-state index < -0.39 is 0 Å². The molecule has 12 heavy (non-hydrogen) atoms. The van der Waals surface area contributed by atoms with Crippen molar-refractivity contribution in [1.82, 2.24) is 0 Å². The van der Waals surface area contributed by atoms with Gasteiger partial charge in [-0.3, -0.25) is 0 Å². The van der Waals surface area contributed by atoms with Gasteiger partial charge in [-0.05, 0) is 30.6 Å². The summed E-state index contributed by atoms with van der Waals surface area (Å²) in [6.45, 7) is 4.41. The molecule has 0 saturated heterocycles. The highest BCUT2D eigenvalue weighted by molar-refractivity contribution is 4.80. The van der Waals surface area contributed by atoms with Crippen LogP contribution < -0.4 is 0 Å². The van der Waals surface area contributed by atoms with Gasteiger partial charge >= 0.3 is 0 Å². The van der Waals surface area contributed by atoms with Gasteiger partial charge in [-0.25, -0.2) is 0 Å². The van der Waals surface area contributed by atoms with Crippen molar-refractivity contribution in [3.63, 3.8) is 0 Å². The molecule has 1 rings (SSSR count). The minimum atomic E-state index is -0.184. The smallest absolute Gasteiger partial charge is 0.0574 e. The Morgan fingerprint density at radius 2 is 2.08 bits per heavy atom. The topological polar surface area (TPSA) is 40.5 Å². The van der Waals surface area contributed by atoms with Crippen molar-refractivity contribution in [2.45, 2.75) is 39.2 Å². The molecule has 0 heterocycles. The maximum atomic E-state index is 9.73. The lowest BCUT2D eigenvalue weighted by molar-refractivity contribution is 0.00804. The van der Waals surface area contributed by atoms with Gasteiger partial charge in [0.1, 0.15) is 0 Å². The molecule has 2 heteroatoms. The third-order valence-corrected chi connectivity index (χ3v) is 3.15. The van der Waals surface area contributed by atoms with Crippen LogP contribution in [0.2, 0.25) is 0 Å². The highest BCUT2D eigenvalue weighted by atomic mass is 16.3. The van der Waals surface area contributed by atoms with Crippen LogP contribution in [0, 0.1) is 17.8 Å². The molecular formula is C10H20O2. The summed E-state index contributed by atoms with van der Waals surface area (Å²) in [7, 11) is 0. The molecule has 0 spiro atoms. The van der Waals surface area contributed by atoms with Crippen LogP contribution in [0.1, 0.15) is 33.1 Å². The minimum absolute atomic E-state index is 0.184. The summed E-state index contributed by atoms with van der Waals surface area (Å²) in [5.41, 5.74) is 0. The van der Waals surface area contributed by atoms with Gasteiger partial charge in [0.05, 0.1) is 6.10 Å². The van der Waals surface area contributed by atoms with E-state index in [1.54, 1.807) is 0 Å². The summed E-state index contributed by atoms with van der Waals surface area (Å²) in [6.07, 6.45) is 3.00. The first-order valence-electron chi connectivity index (χ1n) is 4.94. The van der Waals surface area contributed by atoms with E-state index in [1.165, 1.54) is 6.42 Å². The Morgan fingerprint density at radius 3 is 2.58 bits per heavy atom. The Kier molecular flexibility index (Phi) is 3.53. The summed E-state index contributed by atoms with van der Waals surface area (Å²) in [4.78, 5) is 0. The maximum absolute atomic E-state index is 9.73. The quantitative estimate of drug-likeness (QED) is 0.661. The van der Waals surface area contributed by atoms with Crippen LogP contribution >= 0.6 is 0 Å². The Labute approximate surface area is 74.6 Å². The SMILES string of the molecule is CC(CO)[C@@H]1CC[C@H](C)C[C@@H]1O. The third-order valence-electron chi connectivity index (χ3n) is 3.15. The first-order chi connectivity index (χ1) is 5.65. The Bertz CT molecular complexity index is 136. The molecule has 0 amide bonds. The van der Waals surface area contributed by atoms with Crippen LogP contribution in [-0.4, -0.2) is 22.9 Å². The normalized spacial score (nSPS) is 39.5. The molecule has 1 fully saturated rings. The van der Waals surface area contributed by atoms with Crippen molar-refractivity contribution < 1.29 is 10.2 Å². The third kappa shape index (κ3) is 2.20. The van der Waals surface area contributed by atoms with Crippen LogP contribution in [0.3, 0.4) is 0 Å². The van der Waals surface area contributed by atoms with Gasteiger partial charge in [-0.1, -0.05) is 20.3 Å². The summed E-state index contributed by atoms with van der Waals surface area (Å²) >= 11 is 0. The highest BCUT2D eigenvalue weighted by Crippen LogP contribution is 2.33. The molecule has 1 aliphatic carbocycles. The fourth-order valence-electron chi connectivity index (χ4n) is 2.17. The van der Waals surface area contributed by atoms with Crippen LogP contribution in [-0.2, 0) is 0 Å². The summed E-state index contributed by atoms with van der Waals surface area (Å²) in [6, 6.07) is 0. The second-order valence-corrected chi connectivity index (χ2v) is 4.31. The van der Waals surface area contributed by atoms with E-state index >= 15 is 0 Å². The van der Waals surface area contributed by atoms with Crippen molar-refractivity contribution in [1.29, 1.82) is 0 Å². The van der Waals surface area contributed by atoms with Crippen LogP contribution in [0.4, 0.5) is 0 Å². The lowest BCUT2D eigenvalue weighted by atomic mass is 9.75. The second kappa shape index (κ2) is 4.24. The maximum Gasteiger partial charge on any atom is 0.0574 e. The van der Waals surface area contributed by atoms with Crippen molar-refractivity contribution >= 4 is 0 Å². The Hall–Kier alpha value is -0.0800. The van der Waals surface area contributed by atoms with Gasteiger partial charge in [-0.15, -0.1) is 0 Å². The van der Waals surface area contributed by atoms with Gasteiger partial charge < -0.3 is 10.2 Å². The molecule has 4 atom stereocenters. The molecule has 0 bridgehead atoms. The first-order valence-corrected chi connectivity index (χ1v) is 4.94. The highest BCUT2D eigenvalue weighted by Gasteiger charge is 2.30. The van der Waals surface area contributed by atoms with Gasteiger partial charge in [0.15, 0.2) is 0 Å². The molecule has 0 aliphatic heterocycles. The molecule has 0 radical (unpaired) electrons. The summed E-state index contributed by atoms with van der Waals surface area (Å²) < 4.78 is 0. The van der Waals surface area contributed by atoms with Gasteiger partial charge in [0, 0.05) is 6.61 Å². The van der Waals surface area contributed by atoms with Crippen molar-refractivity contribution in [3.8, 4) is 0 Å². The molecule has 0 aromatic rings. The van der Waals surface area contributed by atoms with Gasteiger partial charge in [-0.2, -0.15) is 0 Å². The summed E-state index contributed by atoms with van der Waals surface area (Å²) in [5.74, 6) is 1.24. The van der Waals surface area contributed by atoms with Crippen LogP contribution in [0.5, 0.6) is 0 Å². The fourth-order valence-corrected chi connectivity index (χ4v) is 2.17. The molecule has 2 N–H and O–H groups in total. The van der Waals surface area contributed by atoms with Crippen molar-refractivity contribution in [2.75, 3.05) is 6.61 Å². The lowest BCUT2D eigenvalue weighted by Crippen LogP contribution is -2.34. The minimum Gasteiger partial charge on any atom is -0.396 e. The van der Waals surface area contributed by atoms with Crippen molar-refractivity contribution in [2.24, 2.45) is 17.8 Å². The zero-order valence-electron chi connectivity index (χ0n) is 8.03. The molecule has 0 aromatic carbocycles. The number of hydrogen-bond acceptors (Lipinski definition) is 2. The lowest BCUT2D eigenvalue weighted by Gasteiger charge is -2.34. The fraction of sp³-hybridized carbons (Fsp3) is 1.00. The Balaban J connectivity index is 2.44. The van der Waals surface area contributed by atoms with E-state index in [2.05, 4.69) is 6.92 Å². The predicted molar refractivity (Wildman–Crippen MR) is 48.8 cm³/mol. The van der Waals surface area contributed by atoms with E-state index in [-0.39, 0.29) is 18.6 Å². The number of hydrogen-bond donors (Lipinski definition) is 2. The monoisotopic (exact) mass is 172 g/mol. The first kappa shape index (κ1) is 10.0. The molecule has 0 aromatic heterocycles. The van der Waals surface area contributed by atoms with Gasteiger partial charge in [0.2, 0.25) is 0 Å². The van der Waals surface area contributed by atoms with E-state index in [1.807, 2.05) is 6.92 Å². The number of rotatable bonds is 2. The second-order valence-electron chi connectivity index (χ2n) is 4.31. The molecule has 1 unspecified atom stereocenters. The van der Waals surface area contributed by atoms with Gasteiger partial charge in [0.25, 0.3) is 0 Å². The molecular weight excluding hydrogens is 152 g/mol. The summed E-state index contributed by atoms with van der Waals surface area (Å²) in [5, 5.41) is 18.7. The van der Waals surface area contributed by atoms with E-state index in [0.717, 1.165) is 12.8 Å². The Morgan fingerprint density at radius 1 is 1.42 bits per heavy atom. The van der Waals surface area contributed by atoms with E-state index in [0.29, 0.717) is 11.8 Å². The average molecular weight is 172 g/mol. The molecule has 2 nitrogen and oxygen atoms in total. The average Bonchev–Trinajstić information content (AvgIpc) is 2.03. The van der Waals surface area contributed by atoms with E-state index in [4.69, 9.17) is 5.11 Å². The largest absolute Gasteiger partial charge is 0.396 e. The number of aliphatic hydroxyl groups is 2.